The zero-order valence-electron chi connectivity index (χ0n) is 30.1. The summed E-state index contributed by atoms with van der Waals surface area (Å²) in [4.78, 5) is 48.7. The number of esters is 1. The maximum atomic E-state index is 15.5. The number of hydrazine groups is 1. The summed E-state index contributed by atoms with van der Waals surface area (Å²) in [6, 6.07) is 4.52. The minimum Gasteiger partial charge on any atom is -0.489 e. The number of hydrogen-bond donors (Lipinski definition) is 1. The summed E-state index contributed by atoms with van der Waals surface area (Å²) in [5.74, 6) is -6.10. The van der Waals surface area contributed by atoms with Crippen molar-refractivity contribution in [3.8, 4) is 17.0 Å². The molecule has 1 aromatic heterocycles. The molecule has 1 aliphatic rings. The molecule has 1 N–H and O–H groups in total. The number of halogens is 8. The number of alkyl halides is 6. The molecule has 20 heteroatoms. The lowest BCUT2D eigenvalue weighted by Crippen LogP contribution is -2.64. The van der Waals surface area contributed by atoms with E-state index in [2.05, 4.69) is 15.3 Å². The van der Waals surface area contributed by atoms with Gasteiger partial charge in [0.15, 0.2) is 11.6 Å². The predicted molar refractivity (Wildman–Crippen MR) is 179 cm³/mol. The summed E-state index contributed by atoms with van der Waals surface area (Å²) in [5, 5.41) is 4.24. The van der Waals surface area contributed by atoms with Crippen LogP contribution in [-0.2, 0) is 42.8 Å². The lowest BCUT2D eigenvalue weighted by atomic mass is 9.76. The van der Waals surface area contributed by atoms with Gasteiger partial charge in [-0.05, 0) is 56.6 Å². The number of nitrogens with zero attached hydrogens (tertiary/aromatic N) is 5. The predicted octanol–water partition coefficient (Wildman–Crippen LogP) is 5.72. The topological polar surface area (TPSA) is 126 Å². The third-order valence-corrected chi connectivity index (χ3v) is 9.04. The SMILES string of the molecule is COCCN(C)CCOc1ccc(CN(C(=O)CC(=O)Nc2ccc(C(F)(F)F)cc2-c2cc(C(F)(F)F)ncn2)N(C)C2(C(=O)OC)CCC2)c(F)c1F. The number of hydrogen-bond acceptors (Lipinski definition) is 10. The van der Waals surface area contributed by atoms with Crippen LogP contribution in [0.1, 0.15) is 42.5 Å². The Morgan fingerprint density at radius 3 is 2.18 bits per heavy atom. The molecule has 2 aromatic carbocycles. The van der Waals surface area contributed by atoms with Gasteiger partial charge in [0, 0.05) is 38.4 Å². The Labute approximate surface area is 310 Å². The largest absolute Gasteiger partial charge is 0.489 e. The molecule has 0 aliphatic heterocycles. The smallest absolute Gasteiger partial charge is 0.433 e. The molecular formula is C35H38F8N6O6. The molecule has 3 aromatic rings. The van der Waals surface area contributed by atoms with Gasteiger partial charge < -0.3 is 24.4 Å². The number of ether oxygens (including phenoxy) is 3. The van der Waals surface area contributed by atoms with E-state index in [0.717, 1.165) is 30.3 Å². The van der Waals surface area contributed by atoms with Crippen molar-refractivity contribution in [2.24, 2.45) is 0 Å². The van der Waals surface area contributed by atoms with Gasteiger partial charge in [-0.3, -0.25) is 14.6 Å². The zero-order chi connectivity index (χ0) is 40.7. The molecular weight excluding hydrogens is 752 g/mol. The second-order valence-corrected chi connectivity index (χ2v) is 12.6. The number of likely N-dealkylation sites (N-methyl/N-ethyl adjacent to an activating group) is 2. The highest BCUT2D eigenvalue weighted by Gasteiger charge is 2.52. The van der Waals surface area contributed by atoms with Crippen LogP contribution in [0, 0.1) is 11.6 Å². The van der Waals surface area contributed by atoms with Crippen LogP contribution in [0.25, 0.3) is 11.3 Å². The summed E-state index contributed by atoms with van der Waals surface area (Å²) in [7, 11) is 5.76. The molecule has 55 heavy (non-hydrogen) atoms. The van der Waals surface area contributed by atoms with Gasteiger partial charge in [-0.2, -0.15) is 30.7 Å². The Morgan fingerprint density at radius 2 is 1.58 bits per heavy atom. The van der Waals surface area contributed by atoms with E-state index in [1.54, 1.807) is 7.05 Å². The summed E-state index contributed by atoms with van der Waals surface area (Å²) >= 11 is 0. The molecule has 0 saturated heterocycles. The molecule has 0 spiro atoms. The highest BCUT2D eigenvalue weighted by Crippen LogP contribution is 2.40. The lowest BCUT2D eigenvalue weighted by molar-refractivity contribution is -0.189. The first-order valence-electron chi connectivity index (χ1n) is 16.6. The fraction of sp³-hybridized carbons (Fsp3) is 0.457. The standard InChI is InChI=1S/C35H38F8N6O6/c1-47(12-14-53-3)13-15-55-26-9-6-21(30(36)31(26)37)19-49(48(2)33(10-5-11-33)32(52)54-4)29(51)18-28(50)46-24-8-7-22(34(38,39)40)16-23(24)25-17-27(35(41,42)43)45-20-44-25/h6-9,16-17,20H,5,10-15,18-19H2,1-4H3,(H,46,50). The van der Waals surface area contributed by atoms with Gasteiger partial charge in [-0.15, -0.1) is 0 Å². The normalized spacial score (nSPS) is 14.1. The van der Waals surface area contributed by atoms with Crippen molar-refractivity contribution in [2.75, 3.05) is 59.9 Å². The van der Waals surface area contributed by atoms with Crippen LogP contribution in [0.2, 0.25) is 0 Å². The lowest BCUT2D eigenvalue weighted by Gasteiger charge is -2.49. The number of rotatable bonds is 16. The molecule has 1 heterocycles. The van der Waals surface area contributed by atoms with Crippen molar-refractivity contribution in [1.82, 2.24) is 24.9 Å². The Bertz CT molecular complexity index is 1860. The van der Waals surface area contributed by atoms with Crippen molar-refractivity contribution < 1.29 is 63.7 Å². The van der Waals surface area contributed by atoms with Gasteiger partial charge in [0.2, 0.25) is 17.6 Å². The van der Waals surface area contributed by atoms with Gasteiger partial charge in [0.05, 0.1) is 37.2 Å². The highest BCUT2D eigenvalue weighted by molar-refractivity contribution is 6.05. The van der Waals surface area contributed by atoms with Crippen LogP contribution < -0.4 is 10.1 Å². The maximum Gasteiger partial charge on any atom is 0.433 e. The van der Waals surface area contributed by atoms with E-state index in [-0.39, 0.29) is 25.0 Å². The van der Waals surface area contributed by atoms with E-state index < -0.39 is 94.2 Å². The first kappa shape index (κ1) is 42.8. The van der Waals surface area contributed by atoms with Gasteiger partial charge in [-0.1, -0.05) is 6.07 Å². The van der Waals surface area contributed by atoms with Gasteiger partial charge in [-0.25, -0.2) is 24.2 Å². The fourth-order valence-electron chi connectivity index (χ4n) is 5.72. The van der Waals surface area contributed by atoms with E-state index in [0.29, 0.717) is 50.6 Å². The van der Waals surface area contributed by atoms with Gasteiger partial charge in [0.25, 0.3) is 0 Å². The van der Waals surface area contributed by atoms with Crippen LogP contribution in [0.3, 0.4) is 0 Å². The molecule has 1 fully saturated rings. The molecule has 0 atom stereocenters. The molecule has 0 radical (unpaired) electrons. The summed E-state index contributed by atoms with van der Waals surface area (Å²) in [6.07, 6.45) is -9.57. The number of carbonyl (C=O) groups is 3. The monoisotopic (exact) mass is 790 g/mol. The molecule has 12 nitrogen and oxygen atoms in total. The van der Waals surface area contributed by atoms with Crippen molar-refractivity contribution >= 4 is 23.5 Å². The number of carbonyl (C=O) groups excluding carboxylic acids is 3. The van der Waals surface area contributed by atoms with Gasteiger partial charge in [0.1, 0.15) is 30.6 Å². The number of anilines is 1. The Morgan fingerprint density at radius 1 is 0.891 bits per heavy atom. The van der Waals surface area contributed by atoms with E-state index in [9.17, 15) is 40.7 Å². The zero-order valence-corrected chi connectivity index (χ0v) is 30.1. The molecule has 1 saturated carbocycles. The molecule has 1 aliphatic carbocycles. The average Bonchev–Trinajstić information content (AvgIpc) is 3.10. The van der Waals surface area contributed by atoms with Crippen LogP contribution in [0.5, 0.6) is 5.75 Å². The first-order chi connectivity index (χ1) is 25.8. The number of amides is 2. The Balaban J connectivity index is 1.62. The van der Waals surface area contributed by atoms with Crippen LogP contribution in [-0.4, -0.2) is 103 Å². The molecule has 0 unspecified atom stereocenters. The Hall–Kier alpha value is -4.95. The van der Waals surface area contributed by atoms with Crippen molar-refractivity contribution in [1.29, 1.82) is 0 Å². The van der Waals surface area contributed by atoms with Crippen molar-refractivity contribution in [2.45, 2.75) is 50.1 Å². The third kappa shape index (κ3) is 10.2. The van der Waals surface area contributed by atoms with E-state index in [1.807, 2.05) is 4.90 Å². The number of methoxy groups -OCH3 is 2. The Kier molecular flexibility index (Phi) is 13.7. The fourth-order valence-corrected chi connectivity index (χ4v) is 5.72. The van der Waals surface area contributed by atoms with Crippen LogP contribution in [0.4, 0.5) is 40.8 Å². The summed E-state index contributed by atoms with van der Waals surface area (Å²) < 4.78 is 127. The molecule has 0 bridgehead atoms. The minimum atomic E-state index is -4.98. The quantitative estimate of drug-likeness (QED) is 0.0835. The number of nitrogens with one attached hydrogen (secondary N) is 1. The highest BCUT2D eigenvalue weighted by atomic mass is 19.4. The second-order valence-electron chi connectivity index (χ2n) is 12.6. The average molecular weight is 791 g/mol. The molecule has 2 amide bonds. The van der Waals surface area contributed by atoms with Crippen molar-refractivity contribution in [3.05, 3.63) is 71.2 Å². The second kappa shape index (κ2) is 17.7. The molecule has 4 rings (SSSR count). The van der Waals surface area contributed by atoms with E-state index >= 15 is 8.78 Å². The summed E-state index contributed by atoms with van der Waals surface area (Å²) in [5.41, 5.74) is -6.15. The van der Waals surface area contributed by atoms with Crippen molar-refractivity contribution in [3.63, 3.8) is 0 Å². The van der Waals surface area contributed by atoms with Crippen LogP contribution >= 0.6 is 0 Å². The first-order valence-corrected chi connectivity index (χ1v) is 16.6. The number of benzene rings is 2. The number of aromatic nitrogens is 2. The van der Waals surface area contributed by atoms with Crippen LogP contribution in [0.15, 0.2) is 42.7 Å². The maximum absolute atomic E-state index is 15.5. The van der Waals surface area contributed by atoms with E-state index in [1.165, 1.54) is 19.2 Å². The molecule has 300 valence electrons. The minimum absolute atomic E-state index is 0.00138. The third-order valence-electron chi connectivity index (χ3n) is 9.04. The summed E-state index contributed by atoms with van der Waals surface area (Å²) in [6.45, 7) is 0.674. The van der Waals surface area contributed by atoms with Gasteiger partial charge >= 0.3 is 18.3 Å². The van der Waals surface area contributed by atoms with E-state index in [4.69, 9.17) is 14.2 Å².